The Kier molecular flexibility index (Phi) is 4.69. The molecule has 1 aliphatic heterocycles. The van der Waals surface area contributed by atoms with Gasteiger partial charge < -0.3 is 16.0 Å². The summed E-state index contributed by atoms with van der Waals surface area (Å²) in [6.07, 6.45) is 2.20. The van der Waals surface area contributed by atoms with Gasteiger partial charge in [0.05, 0.1) is 4.92 Å². The van der Waals surface area contributed by atoms with E-state index in [0.29, 0.717) is 11.9 Å². The van der Waals surface area contributed by atoms with Crippen molar-refractivity contribution in [2.75, 3.05) is 29.0 Å². The van der Waals surface area contributed by atoms with Gasteiger partial charge in [-0.25, -0.2) is 0 Å². The Morgan fingerprint density at radius 3 is 2.88 bits per heavy atom. The highest BCUT2D eigenvalue weighted by molar-refractivity contribution is 5.74. The van der Waals surface area contributed by atoms with Gasteiger partial charge in [-0.2, -0.15) is 9.97 Å². The highest BCUT2D eigenvalue weighted by atomic mass is 16.6. The standard InChI is InChI=1S/C17H22N6O2/c1-11-5-3-7-13(9-11)19-16-14(23(24)25)15(18)20-17(21-16)22-8-4-6-12(2)10-22/h3,5,7,9,12H,4,6,8,10H2,1-2H3,(H3,18,19,20,21). The number of nitro groups is 1. The van der Waals surface area contributed by atoms with Crippen molar-refractivity contribution < 1.29 is 4.92 Å². The Morgan fingerprint density at radius 1 is 1.40 bits per heavy atom. The molecule has 132 valence electrons. The van der Waals surface area contributed by atoms with Crippen LogP contribution in [0.5, 0.6) is 0 Å². The number of nitrogens with zero attached hydrogens (tertiary/aromatic N) is 4. The summed E-state index contributed by atoms with van der Waals surface area (Å²) < 4.78 is 0. The quantitative estimate of drug-likeness (QED) is 0.648. The van der Waals surface area contributed by atoms with Gasteiger partial charge in [0, 0.05) is 18.8 Å². The molecule has 3 rings (SSSR count). The number of anilines is 4. The molecule has 1 saturated heterocycles. The van der Waals surface area contributed by atoms with Gasteiger partial charge in [-0.15, -0.1) is 0 Å². The zero-order chi connectivity index (χ0) is 18.0. The van der Waals surface area contributed by atoms with Crippen molar-refractivity contribution in [3.8, 4) is 0 Å². The zero-order valence-corrected chi connectivity index (χ0v) is 14.4. The van der Waals surface area contributed by atoms with E-state index in [2.05, 4.69) is 22.2 Å². The first-order valence-corrected chi connectivity index (χ1v) is 8.34. The lowest BCUT2D eigenvalue weighted by atomic mass is 10.0. The molecule has 1 aliphatic rings. The summed E-state index contributed by atoms with van der Waals surface area (Å²) in [6, 6.07) is 7.55. The molecule has 0 amide bonds. The lowest BCUT2D eigenvalue weighted by Gasteiger charge is -2.31. The highest BCUT2D eigenvalue weighted by Crippen LogP contribution is 2.33. The SMILES string of the molecule is Cc1cccc(Nc2nc(N3CCCC(C)C3)nc(N)c2[N+](=O)[O-])c1. The van der Waals surface area contributed by atoms with Gasteiger partial charge in [0.1, 0.15) is 0 Å². The molecule has 25 heavy (non-hydrogen) atoms. The molecular formula is C17H22N6O2. The second kappa shape index (κ2) is 6.92. The van der Waals surface area contributed by atoms with Gasteiger partial charge >= 0.3 is 5.69 Å². The van der Waals surface area contributed by atoms with E-state index >= 15 is 0 Å². The summed E-state index contributed by atoms with van der Waals surface area (Å²) in [6.45, 7) is 5.77. The first-order valence-electron chi connectivity index (χ1n) is 8.34. The Balaban J connectivity index is 2.00. The lowest BCUT2D eigenvalue weighted by molar-refractivity contribution is -0.383. The molecule has 0 radical (unpaired) electrons. The van der Waals surface area contributed by atoms with E-state index in [1.54, 1.807) is 0 Å². The van der Waals surface area contributed by atoms with Gasteiger partial charge in [0.25, 0.3) is 0 Å². The third kappa shape index (κ3) is 3.78. The van der Waals surface area contributed by atoms with E-state index < -0.39 is 4.92 Å². The van der Waals surface area contributed by atoms with Gasteiger partial charge in [0.2, 0.25) is 17.6 Å². The Hall–Kier alpha value is -2.90. The summed E-state index contributed by atoms with van der Waals surface area (Å²) in [4.78, 5) is 21.5. The van der Waals surface area contributed by atoms with E-state index in [1.165, 1.54) is 0 Å². The number of aromatic nitrogens is 2. The highest BCUT2D eigenvalue weighted by Gasteiger charge is 2.26. The zero-order valence-electron chi connectivity index (χ0n) is 14.4. The van der Waals surface area contributed by atoms with Crippen molar-refractivity contribution in [2.45, 2.75) is 26.7 Å². The lowest BCUT2D eigenvalue weighted by Crippen LogP contribution is -2.35. The summed E-state index contributed by atoms with van der Waals surface area (Å²) in [7, 11) is 0. The minimum absolute atomic E-state index is 0.122. The molecular weight excluding hydrogens is 320 g/mol. The van der Waals surface area contributed by atoms with E-state index in [9.17, 15) is 10.1 Å². The molecule has 1 fully saturated rings. The number of rotatable bonds is 4. The van der Waals surface area contributed by atoms with E-state index in [-0.39, 0.29) is 17.3 Å². The fourth-order valence-corrected chi connectivity index (χ4v) is 3.10. The van der Waals surface area contributed by atoms with Crippen molar-refractivity contribution in [1.29, 1.82) is 0 Å². The number of hydrogen-bond donors (Lipinski definition) is 2. The fraction of sp³-hybridized carbons (Fsp3) is 0.412. The molecule has 3 N–H and O–H groups in total. The molecule has 2 heterocycles. The predicted molar refractivity (Wildman–Crippen MR) is 98.2 cm³/mol. The molecule has 2 aromatic rings. The van der Waals surface area contributed by atoms with Crippen molar-refractivity contribution >= 4 is 29.0 Å². The molecule has 8 nitrogen and oxygen atoms in total. The average Bonchev–Trinajstić information content (AvgIpc) is 2.54. The molecule has 0 saturated carbocycles. The number of piperidine rings is 1. The maximum Gasteiger partial charge on any atom is 0.353 e. The van der Waals surface area contributed by atoms with Crippen LogP contribution >= 0.6 is 0 Å². The normalized spacial score (nSPS) is 17.4. The number of hydrogen-bond acceptors (Lipinski definition) is 7. The van der Waals surface area contributed by atoms with Crippen LogP contribution in [-0.2, 0) is 0 Å². The summed E-state index contributed by atoms with van der Waals surface area (Å²) >= 11 is 0. The number of benzene rings is 1. The Morgan fingerprint density at radius 2 is 2.20 bits per heavy atom. The van der Waals surface area contributed by atoms with E-state index in [0.717, 1.165) is 37.2 Å². The maximum absolute atomic E-state index is 11.4. The third-order valence-corrected chi connectivity index (χ3v) is 4.30. The molecule has 1 aromatic carbocycles. The smallest absolute Gasteiger partial charge is 0.353 e. The Labute approximate surface area is 146 Å². The molecule has 1 aromatic heterocycles. The van der Waals surface area contributed by atoms with Gasteiger partial charge in [-0.1, -0.05) is 19.1 Å². The van der Waals surface area contributed by atoms with Crippen LogP contribution in [0.25, 0.3) is 0 Å². The number of aryl methyl sites for hydroxylation is 1. The van der Waals surface area contributed by atoms with Gasteiger partial charge in [-0.05, 0) is 43.4 Å². The van der Waals surface area contributed by atoms with Crippen LogP contribution in [0.2, 0.25) is 0 Å². The summed E-state index contributed by atoms with van der Waals surface area (Å²) in [5.41, 5.74) is 7.36. The largest absolute Gasteiger partial charge is 0.378 e. The summed E-state index contributed by atoms with van der Waals surface area (Å²) in [5, 5.41) is 14.5. The molecule has 0 spiro atoms. The van der Waals surface area contributed by atoms with Crippen molar-refractivity contribution in [3.63, 3.8) is 0 Å². The van der Waals surface area contributed by atoms with Crippen LogP contribution in [0.1, 0.15) is 25.3 Å². The van der Waals surface area contributed by atoms with Crippen LogP contribution in [0.15, 0.2) is 24.3 Å². The second-order valence-electron chi connectivity index (χ2n) is 6.55. The number of nitrogen functional groups attached to an aromatic ring is 1. The second-order valence-corrected chi connectivity index (χ2v) is 6.55. The number of nitrogens with two attached hydrogens (primary N) is 1. The molecule has 8 heteroatoms. The third-order valence-electron chi connectivity index (χ3n) is 4.30. The molecule has 0 aliphatic carbocycles. The first-order chi connectivity index (χ1) is 11.9. The van der Waals surface area contributed by atoms with E-state index in [4.69, 9.17) is 5.73 Å². The first kappa shape index (κ1) is 16.9. The molecule has 1 atom stereocenters. The maximum atomic E-state index is 11.4. The van der Waals surface area contributed by atoms with Crippen LogP contribution in [-0.4, -0.2) is 28.0 Å². The minimum Gasteiger partial charge on any atom is -0.378 e. The predicted octanol–water partition coefficient (Wildman–Crippen LogP) is 3.26. The van der Waals surface area contributed by atoms with Crippen LogP contribution in [0.3, 0.4) is 0 Å². The van der Waals surface area contributed by atoms with Crippen molar-refractivity contribution in [2.24, 2.45) is 5.92 Å². The van der Waals surface area contributed by atoms with E-state index in [1.807, 2.05) is 36.1 Å². The topological polar surface area (TPSA) is 110 Å². The minimum atomic E-state index is -0.546. The summed E-state index contributed by atoms with van der Waals surface area (Å²) in [5.74, 6) is 0.964. The van der Waals surface area contributed by atoms with Crippen LogP contribution in [0, 0.1) is 23.0 Å². The fourth-order valence-electron chi connectivity index (χ4n) is 3.10. The van der Waals surface area contributed by atoms with Gasteiger partial charge in [-0.3, -0.25) is 10.1 Å². The average molecular weight is 342 g/mol. The molecule has 0 bridgehead atoms. The molecule has 1 unspecified atom stereocenters. The number of nitrogens with one attached hydrogen (secondary N) is 1. The van der Waals surface area contributed by atoms with Crippen molar-refractivity contribution in [1.82, 2.24) is 9.97 Å². The van der Waals surface area contributed by atoms with Crippen molar-refractivity contribution in [3.05, 3.63) is 39.9 Å². The monoisotopic (exact) mass is 342 g/mol. The Bertz CT molecular complexity index is 795. The van der Waals surface area contributed by atoms with Crippen LogP contribution in [0.4, 0.5) is 29.0 Å². The van der Waals surface area contributed by atoms with Gasteiger partial charge in [0.15, 0.2) is 0 Å². The van der Waals surface area contributed by atoms with Crippen LogP contribution < -0.4 is 16.0 Å².